The Morgan fingerprint density at radius 2 is 1.76 bits per heavy atom. The van der Waals surface area contributed by atoms with Crippen molar-refractivity contribution in [3.63, 3.8) is 0 Å². The van der Waals surface area contributed by atoms with Gasteiger partial charge in [-0.1, -0.05) is 15.9 Å². The van der Waals surface area contributed by atoms with E-state index in [0.29, 0.717) is 0 Å². The van der Waals surface area contributed by atoms with E-state index in [-0.39, 0.29) is 17.6 Å². The highest BCUT2D eigenvalue weighted by molar-refractivity contribution is 9.10. The van der Waals surface area contributed by atoms with Crippen molar-refractivity contribution in [3.8, 4) is 11.5 Å². The van der Waals surface area contributed by atoms with Gasteiger partial charge in [0.2, 0.25) is 0 Å². The zero-order chi connectivity index (χ0) is 15.8. The van der Waals surface area contributed by atoms with Gasteiger partial charge in [-0.15, -0.1) is 0 Å². The van der Waals surface area contributed by atoms with Crippen molar-refractivity contribution < 1.29 is 9.47 Å². The van der Waals surface area contributed by atoms with Crippen LogP contribution in [0.1, 0.15) is 38.8 Å². The number of methoxy groups -OCH3 is 2. The van der Waals surface area contributed by atoms with Gasteiger partial charge in [-0.3, -0.25) is 4.90 Å². The van der Waals surface area contributed by atoms with E-state index in [2.05, 4.69) is 41.6 Å². The molecule has 0 amide bonds. The first-order valence-corrected chi connectivity index (χ1v) is 8.02. The van der Waals surface area contributed by atoms with Crippen molar-refractivity contribution in [2.75, 3.05) is 20.8 Å². The molecule has 1 fully saturated rings. The summed E-state index contributed by atoms with van der Waals surface area (Å²) in [5.74, 6) is 1.46. The van der Waals surface area contributed by atoms with E-state index in [4.69, 9.17) is 15.2 Å². The predicted octanol–water partition coefficient (Wildman–Crippen LogP) is 3.34. The van der Waals surface area contributed by atoms with Crippen molar-refractivity contribution in [2.45, 2.75) is 44.8 Å². The Balaban J connectivity index is 2.48. The summed E-state index contributed by atoms with van der Waals surface area (Å²) in [6.07, 6.45) is 1.00. The molecule has 0 spiro atoms. The fraction of sp³-hybridized carbons (Fsp3) is 0.625. The third-order valence-electron chi connectivity index (χ3n) is 4.13. The van der Waals surface area contributed by atoms with Crippen LogP contribution in [0.5, 0.6) is 11.5 Å². The van der Waals surface area contributed by atoms with Gasteiger partial charge in [0.15, 0.2) is 11.5 Å². The monoisotopic (exact) mass is 356 g/mol. The number of likely N-dealkylation sites (tertiary alicyclic amines) is 1. The Morgan fingerprint density at radius 1 is 1.19 bits per heavy atom. The average Bonchev–Trinajstić information content (AvgIpc) is 2.80. The summed E-state index contributed by atoms with van der Waals surface area (Å²) in [5.41, 5.74) is 7.63. The first-order valence-electron chi connectivity index (χ1n) is 7.23. The first-order chi connectivity index (χ1) is 9.79. The second-order valence-electron chi connectivity index (χ2n) is 6.49. The molecule has 2 atom stereocenters. The van der Waals surface area contributed by atoms with Crippen LogP contribution in [0.15, 0.2) is 16.6 Å². The lowest BCUT2D eigenvalue weighted by Crippen LogP contribution is -2.43. The second kappa shape index (κ2) is 6.15. The van der Waals surface area contributed by atoms with Gasteiger partial charge in [0.1, 0.15) is 0 Å². The molecule has 2 N–H and O–H groups in total. The van der Waals surface area contributed by atoms with E-state index < -0.39 is 0 Å². The molecule has 0 saturated carbocycles. The summed E-state index contributed by atoms with van der Waals surface area (Å²) in [6.45, 7) is 7.70. The Morgan fingerprint density at radius 3 is 2.29 bits per heavy atom. The van der Waals surface area contributed by atoms with Crippen LogP contribution in [0.3, 0.4) is 0 Å². The third kappa shape index (κ3) is 3.20. The minimum atomic E-state index is 0.0748. The van der Waals surface area contributed by atoms with Crippen molar-refractivity contribution in [1.29, 1.82) is 0 Å². The van der Waals surface area contributed by atoms with Crippen LogP contribution in [0.4, 0.5) is 0 Å². The maximum Gasteiger partial charge on any atom is 0.161 e. The summed E-state index contributed by atoms with van der Waals surface area (Å²) < 4.78 is 11.8. The molecular formula is C16H25BrN2O2. The Kier molecular flexibility index (Phi) is 4.85. The molecule has 0 bridgehead atoms. The highest BCUT2D eigenvalue weighted by Gasteiger charge is 2.40. The second-order valence-corrected chi connectivity index (χ2v) is 7.34. The number of nitrogens with two attached hydrogens (primary N) is 1. The molecule has 1 aromatic rings. The van der Waals surface area contributed by atoms with E-state index in [0.717, 1.165) is 34.5 Å². The topological polar surface area (TPSA) is 47.7 Å². The standard InChI is InChI=1S/C16H25BrN2O2/c1-16(2,3)19-7-6-12(18)15(19)10-8-13(20-4)14(21-5)9-11(10)17/h8-9,12,15H,6-7,18H2,1-5H3. The first kappa shape index (κ1) is 16.6. The molecule has 1 aliphatic rings. The molecule has 4 nitrogen and oxygen atoms in total. The molecule has 1 saturated heterocycles. The van der Waals surface area contributed by atoms with Crippen molar-refractivity contribution in [2.24, 2.45) is 5.73 Å². The van der Waals surface area contributed by atoms with E-state index in [1.54, 1.807) is 14.2 Å². The molecule has 5 heteroatoms. The van der Waals surface area contributed by atoms with Gasteiger partial charge in [-0.05, 0) is 44.9 Å². The number of benzene rings is 1. The van der Waals surface area contributed by atoms with E-state index in [1.807, 2.05) is 12.1 Å². The Bertz CT molecular complexity index is 514. The molecule has 2 unspecified atom stereocenters. The fourth-order valence-corrected chi connectivity index (χ4v) is 3.62. The van der Waals surface area contributed by atoms with Crippen LogP contribution in [0.2, 0.25) is 0 Å². The quantitative estimate of drug-likeness (QED) is 0.902. The van der Waals surface area contributed by atoms with Crippen LogP contribution in [0.25, 0.3) is 0 Å². The molecular weight excluding hydrogens is 332 g/mol. The lowest BCUT2D eigenvalue weighted by Gasteiger charge is -2.38. The number of halogens is 1. The van der Waals surface area contributed by atoms with Gasteiger partial charge in [0, 0.05) is 22.6 Å². The van der Waals surface area contributed by atoms with Crippen LogP contribution in [-0.2, 0) is 0 Å². The van der Waals surface area contributed by atoms with Crippen LogP contribution >= 0.6 is 15.9 Å². The number of hydrogen-bond acceptors (Lipinski definition) is 4. The van der Waals surface area contributed by atoms with E-state index >= 15 is 0 Å². The third-order valence-corrected chi connectivity index (χ3v) is 4.81. The largest absolute Gasteiger partial charge is 0.493 e. The molecule has 1 aliphatic heterocycles. The summed E-state index contributed by atoms with van der Waals surface area (Å²) in [5, 5.41) is 0. The molecule has 0 aliphatic carbocycles. The maximum absolute atomic E-state index is 6.39. The minimum Gasteiger partial charge on any atom is -0.493 e. The summed E-state index contributed by atoms with van der Waals surface area (Å²) in [4.78, 5) is 2.46. The molecule has 118 valence electrons. The predicted molar refractivity (Wildman–Crippen MR) is 89.0 cm³/mol. The van der Waals surface area contributed by atoms with Gasteiger partial charge in [-0.25, -0.2) is 0 Å². The molecule has 21 heavy (non-hydrogen) atoms. The maximum atomic E-state index is 6.39. The fourth-order valence-electron chi connectivity index (χ4n) is 3.06. The summed E-state index contributed by atoms with van der Waals surface area (Å²) in [7, 11) is 3.30. The molecule has 1 aromatic carbocycles. The minimum absolute atomic E-state index is 0.0748. The SMILES string of the molecule is COc1cc(Br)c(C2C(N)CCN2C(C)(C)C)cc1OC. The van der Waals surface area contributed by atoms with E-state index in [9.17, 15) is 0 Å². The summed E-state index contributed by atoms with van der Waals surface area (Å²) >= 11 is 3.67. The molecule has 0 aromatic heterocycles. The van der Waals surface area contributed by atoms with Gasteiger partial charge in [-0.2, -0.15) is 0 Å². The van der Waals surface area contributed by atoms with Crippen LogP contribution in [0, 0.1) is 0 Å². The molecule has 1 heterocycles. The lowest BCUT2D eigenvalue weighted by molar-refractivity contribution is 0.116. The van der Waals surface area contributed by atoms with Crippen molar-refractivity contribution in [1.82, 2.24) is 4.90 Å². The van der Waals surface area contributed by atoms with Gasteiger partial charge < -0.3 is 15.2 Å². The zero-order valence-electron chi connectivity index (χ0n) is 13.4. The zero-order valence-corrected chi connectivity index (χ0v) is 15.0. The number of hydrogen-bond donors (Lipinski definition) is 1. The van der Waals surface area contributed by atoms with Gasteiger partial charge >= 0.3 is 0 Å². The number of nitrogens with zero attached hydrogens (tertiary/aromatic N) is 1. The number of rotatable bonds is 3. The normalized spacial score (nSPS) is 23.4. The van der Waals surface area contributed by atoms with Crippen LogP contribution < -0.4 is 15.2 Å². The summed E-state index contributed by atoms with van der Waals surface area (Å²) in [6, 6.07) is 4.30. The smallest absolute Gasteiger partial charge is 0.161 e. The molecule has 0 radical (unpaired) electrons. The van der Waals surface area contributed by atoms with Crippen molar-refractivity contribution >= 4 is 15.9 Å². The van der Waals surface area contributed by atoms with Crippen molar-refractivity contribution in [3.05, 3.63) is 22.2 Å². The Labute approximate surface area is 135 Å². The lowest BCUT2D eigenvalue weighted by atomic mass is 9.96. The highest BCUT2D eigenvalue weighted by atomic mass is 79.9. The highest BCUT2D eigenvalue weighted by Crippen LogP contribution is 2.43. The molecule has 2 rings (SSSR count). The average molecular weight is 357 g/mol. The number of ether oxygens (including phenoxy) is 2. The van der Waals surface area contributed by atoms with Gasteiger partial charge in [0.05, 0.1) is 20.3 Å². The van der Waals surface area contributed by atoms with Gasteiger partial charge in [0.25, 0.3) is 0 Å². The van der Waals surface area contributed by atoms with Crippen LogP contribution in [-0.4, -0.2) is 37.2 Å². The van der Waals surface area contributed by atoms with E-state index in [1.165, 1.54) is 0 Å². The Hall–Kier alpha value is -0.780.